The van der Waals surface area contributed by atoms with Crippen molar-refractivity contribution in [1.29, 1.82) is 0 Å². The van der Waals surface area contributed by atoms with Gasteiger partial charge in [-0.15, -0.1) is 15.3 Å². The van der Waals surface area contributed by atoms with Crippen molar-refractivity contribution in [2.75, 3.05) is 5.75 Å². The molecule has 0 amide bonds. The summed E-state index contributed by atoms with van der Waals surface area (Å²) in [6.07, 6.45) is 0. The van der Waals surface area contributed by atoms with Gasteiger partial charge >= 0.3 is 0 Å². The molecule has 32 heavy (non-hydrogen) atoms. The number of thioether (sulfide) groups is 1. The van der Waals surface area contributed by atoms with Crippen LogP contribution in [-0.4, -0.2) is 56.0 Å². The maximum absolute atomic E-state index is 11.1. The Morgan fingerprint density at radius 2 is 1.66 bits per heavy atom. The average Bonchev–Trinajstić information content (AvgIpc) is 3.44. The summed E-state index contributed by atoms with van der Waals surface area (Å²) in [6, 6.07) is 10.7. The molecule has 2 aromatic heterocycles. The van der Waals surface area contributed by atoms with Crippen LogP contribution in [0.15, 0.2) is 52.1 Å². The van der Waals surface area contributed by atoms with E-state index in [1.54, 1.807) is 4.68 Å². The van der Waals surface area contributed by atoms with Crippen molar-refractivity contribution in [3.8, 4) is 17.1 Å². The molecule has 16 heteroatoms. The third-order valence-electron chi connectivity index (χ3n) is 4.07. The van der Waals surface area contributed by atoms with Crippen molar-refractivity contribution in [2.24, 2.45) is 0 Å². The van der Waals surface area contributed by atoms with Crippen LogP contribution in [0.3, 0.4) is 0 Å². The number of rotatable bonds is 8. The lowest BCUT2D eigenvalue weighted by Crippen LogP contribution is -2.06. The fourth-order valence-corrected chi connectivity index (χ4v) is 3.68. The maximum atomic E-state index is 11.1. The van der Waals surface area contributed by atoms with E-state index in [-0.39, 0.29) is 11.4 Å². The lowest BCUT2D eigenvalue weighted by atomic mass is 10.1. The van der Waals surface area contributed by atoms with E-state index in [0.717, 1.165) is 28.4 Å². The van der Waals surface area contributed by atoms with E-state index in [0.29, 0.717) is 17.5 Å². The standard InChI is InChI=1S/C16H11BrN10O4S/c17-11-1-3-12(4-2-11)25-16(19-21-23-25)32-6-5-24-20-15(18-22-24)10-7-13(26(28)29)9-14(8-10)27(30)31/h1-4,7-9H,5-6H2. The number of hydrogen-bond acceptors (Lipinski definition) is 11. The Hall–Kier alpha value is -3.79. The largest absolute Gasteiger partial charge is 0.277 e. The maximum Gasteiger partial charge on any atom is 0.277 e. The van der Waals surface area contributed by atoms with Gasteiger partial charge in [0.2, 0.25) is 11.0 Å². The van der Waals surface area contributed by atoms with Crippen LogP contribution in [-0.2, 0) is 6.54 Å². The van der Waals surface area contributed by atoms with Gasteiger partial charge in [-0.2, -0.15) is 9.48 Å². The summed E-state index contributed by atoms with van der Waals surface area (Å²) in [6.45, 7) is 0.335. The number of non-ortho nitro benzene ring substituents is 2. The minimum atomic E-state index is -0.715. The Morgan fingerprint density at radius 1 is 0.969 bits per heavy atom. The topological polar surface area (TPSA) is 173 Å². The Balaban J connectivity index is 1.45. The second-order valence-electron chi connectivity index (χ2n) is 6.16. The third kappa shape index (κ3) is 4.75. The molecule has 0 spiro atoms. The van der Waals surface area contributed by atoms with E-state index in [1.165, 1.54) is 16.6 Å². The molecule has 0 unspecified atom stereocenters. The highest BCUT2D eigenvalue weighted by Gasteiger charge is 2.19. The summed E-state index contributed by atoms with van der Waals surface area (Å²) in [5.41, 5.74) is 0.0693. The van der Waals surface area contributed by atoms with Gasteiger partial charge < -0.3 is 0 Å². The first-order valence-corrected chi connectivity index (χ1v) is 10.6. The number of aryl methyl sites for hydroxylation is 1. The van der Waals surface area contributed by atoms with Crippen molar-refractivity contribution >= 4 is 39.1 Å². The molecule has 0 saturated heterocycles. The van der Waals surface area contributed by atoms with Gasteiger partial charge in [0.25, 0.3) is 11.4 Å². The van der Waals surface area contributed by atoms with E-state index in [2.05, 4.69) is 46.9 Å². The molecule has 162 valence electrons. The second-order valence-corrected chi connectivity index (χ2v) is 8.14. The molecule has 4 rings (SSSR count). The van der Waals surface area contributed by atoms with Crippen LogP contribution in [0.25, 0.3) is 17.1 Å². The number of nitrogens with zero attached hydrogens (tertiary/aromatic N) is 10. The zero-order valence-electron chi connectivity index (χ0n) is 15.8. The van der Waals surface area contributed by atoms with Crippen LogP contribution >= 0.6 is 27.7 Å². The predicted molar refractivity (Wildman–Crippen MR) is 114 cm³/mol. The monoisotopic (exact) mass is 518 g/mol. The van der Waals surface area contributed by atoms with Crippen LogP contribution in [0, 0.1) is 20.2 Å². The molecule has 0 N–H and O–H groups in total. The van der Waals surface area contributed by atoms with Crippen molar-refractivity contribution in [3.63, 3.8) is 0 Å². The van der Waals surface area contributed by atoms with Crippen molar-refractivity contribution in [3.05, 3.63) is 67.2 Å². The summed E-state index contributed by atoms with van der Waals surface area (Å²) in [5, 5.41) is 46.3. The van der Waals surface area contributed by atoms with Crippen LogP contribution in [0.1, 0.15) is 0 Å². The van der Waals surface area contributed by atoms with Crippen molar-refractivity contribution < 1.29 is 9.85 Å². The molecule has 0 aliphatic carbocycles. The van der Waals surface area contributed by atoms with E-state index in [1.807, 2.05) is 24.3 Å². The van der Waals surface area contributed by atoms with Gasteiger partial charge in [-0.05, 0) is 39.9 Å². The molecular weight excluding hydrogens is 508 g/mol. The lowest BCUT2D eigenvalue weighted by Gasteiger charge is -2.04. The quantitative estimate of drug-likeness (QED) is 0.190. The van der Waals surface area contributed by atoms with Gasteiger partial charge in [-0.3, -0.25) is 20.2 Å². The number of tetrazole rings is 2. The van der Waals surface area contributed by atoms with Gasteiger partial charge in [-0.25, -0.2) is 0 Å². The number of aromatic nitrogens is 8. The summed E-state index contributed by atoms with van der Waals surface area (Å²) in [4.78, 5) is 22.0. The second kappa shape index (κ2) is 9.15. The molecule has 0 fully saturated rings. The Bertz CT molecular complexity index is 1260. The smallest absolute Gasteiger partial charge is 0.258 e. The fraction of sp³-hybridized carbons (Fsp3) is 0.125. The van der Waals surface area contributed by atoms with Crippen LogP contribution in [0.5, 0.6) is 0 Å². The molecule has 0 atom stereocenters. The summed E-state index contributed by atoms with van der Waals surface area (Å²) >= 11 is 4.75. The number of benzene rings is 2. The highest BCUT2D eigenvalue weighted by Crippen LogP contribution is 2.27. The SMILES string of the molecule is O=[N+]([O-])c1cc(-c2nnn(CCSc3nnnn3-c3ccc(Br)cc3)n2)cc([N+](=O)[O-])c1. The number of nitro groups is 2. The van der Waals surface area contributed by atoms with Crippen molar-refractivity contribution in [2.45, 2.75) is 11.7 Å². The van der Waals surface area contributed by atoms with Crippen LogP contribution < -0.4 is 0 Å². The van der Waals surface area contributed by atoms with Crippen LogP contribution in [0.2, 0.25) is 0 Å². The predicted octanol–water partition coefficient (Wildman–Crippen LogP) is 2.69. The molecule has 0 radical (unpaired) electrons. The summed E-state index contributed by atoms with van der Waals surface area (Å²) in [5.74, 6) is 0.545. The Morgan fingerprint density at radius 3 is 2.31 bits per heavy atom. The fourth-order valence-electron chi connectivity index (χ4n) is 2.62. The molecule has 4 aromatic rings. The van der Waals surface area contributed by atoms with Crippen molar-refractivity contribution in [1.82, 2.24) is 40.4 Å². The minimum absolute atomic E-state index is 0.0431. The number of hydrogen-bond donors (Lipinski definition) is 0. The number of halogens is 1. The molecule has 0 saturated carbocycles. The molecule has 0 aliphatic heterocycles. The summed E-state index contributed by atoms with van der Waals surface area (Å²) in [7, 11) is 0. The molecule has 2 heterocycles. The normalized spacial score (nSPS) is 10.9. The zero-order valence-corrected chi connectivity index (χ0v) is 18.2. The highest BCUT2D eigenvalue weighted by atomic mass is 79.9. The van der Waals surface area contributed by atoms with E-state index >= 15 is 0 Å². The molecule has 0 bridgehead atoms. The van der Waals surface area contributed by atoms with E-state index < -0.39 is 21.2 Å². The molecule has 2 aromatic carbocycles. The third-order valence-corrected chi connectivity index (χ3v) is 5.50. The number of nitro benzene ring substituents is 2. The lowest BCUT2D eigenvalue weighted by molar-refractivity contribution is -0.394. The minimum Gasteiger partial charge on any atom is -0.258 e. The van der Waals surface area contributed by atoms with Gasteiger partial charge in [0.1, 0.15) is 0 Å². The zero-order chi connectivity index (χ0) is 22.7. The Labute approximate surface area is 191 Å². The van der Waals surface area contributed by atoms with Gasteiger partial charge in [0, 0.05) is 27.9 Å². The molecular formula is C16H11BrN10O4S. The summed E-state index contributed by atoms with van der Waals surface area (Å²) < 4.78 is 2.53. The van der Waals surface area contributed by atoms with Gasteiger partial charge in [0.05, 0.1) is 28.1 Å². The highest BCUT2D eigenvalue weighted by molar-refractivity contribution is 9.10. The molecule has 14 nitrogen and oxygen atoms in total. The van der Waals surface area contributed by atoms with E-state index in [4.69, 9.17) is 0 Å². The molecule has 0 aliphatic rings. The van der Waals surface area contributed by atoms with Gasteiger partial charge in [-0.1, -0.05) is 27.7 Å². The first kappa shape index (κ1) is 21.4. The first-order valence-electron chi connectivity index (χ1n) is 8.80. The first-order chi connectivity index (χ1) is 15.4. The Kier molecular flexibility index (Phi) is 6.13. The average molecular weight is 519 g/mol. The van der Waals surface area contributed by atoms with Crippen LogP contribution in [0.4, 0.5) is 11.4 Å². The van der Waals surface area contributed by atoms with E-state index in [9.17, 15) is 20.2 Å². The van der Waals surface area contributed by atoms with Gasteiger partial charge in [0.15, 0.2) is 0 Å².